The summed E-state index contributed by atoms with van der Waals surface area (Å²) >= 11 is 0. The Morgan fingerprint density at radius 2 is 2.00 bits per heavy atom. The quantitative estimate of drug-likeness (QED) is 0.713. The predicted molar refractivity (Wildman–Crippen MR) is 62.1 cm³/mol. The minimum atomic E-state index is -1.16. The molecule has 1 aromatic heterocycles. The average molecular weight is 237 g/mol. The highest BCUT2D eigenvalue weighted by Crippen LogP contribution is 2.35. The zero-order chi connectivity index (χ0) is 12.4. The van der Waals surface area contributed by atoms with Crippen LogP contribution in [0.15, 0.2) is 4.79 Å². The van der Waals surface area contributed by atoms with Crippen LogP contribution in [0.4, 0.5) is 5.82 Å². The highest BCUT2D eigenvalue weighted by molar-refractivity contribution is 5.88. The normalized spacial score (nSPS) is 16.9. The summed E-state index contributed by atoms with van der Waals surface area (Å²) in [4.78, 5) is 28.1. The molecular weight excluding hydrogens is 222 g/mol. The highest BCUT2D eigenvalue weighted by atomic mass is 16.4. The second-order valence-corrected chi connectivity index (χ2v) is 4.36. The predicted octanol–water partition coefficient (Wildman–Crippen LogP) is 1.10. The van der Waals surface area contributed by atoms with Crippen molar-refractivity contribution in [3.8, 4) is 0 Å². The van der Waals surface area contributed by atoms with Gasteiger partial charge in [-0.1, -0.05) is 19.3 Å². The number of carbonyl (C=O) groups is 1. The van der Waals surface area contributed by atoms with E-state index in [-0.39, 0.29) is 17.4 Å². The van der Waals surface area contributed by atoms with Crippen molar-refractivity contribution in [1.82, 2.24) is 9.97 Å². The number of nitrogens with zero attached hydrogens (tertiary/aromatic N) is 1. The third-order valence-electron chi connectivity index (χ3n) is 3.23. The summed E-state index contributed by atoms with van der Waals surface area (Å²) in [6.07, 6.45) is 5.08. The molecular formula is C11H15N3O3. The number of carboxylic acid groups (broad SMARTS) is 1. The summed E-state index contributed by atoms with van der Waals surface area (Å²) in [5.74, 6) is -1.01. The van der Waals surface area contributed by atoms with Crippen LogP contribution in [0, 0.1) is 0 Å². The lowest BCUT2D eigenvalue weighted by Crippen LogP contribution is -2.23. The molecule has 92 valence electrons. The number of hydrogen-bond donors (Lipinski definition) is 3. The Labute approximate surface area is 97.9 Å². The SMILES string of the molecule is Nc1nc(=O)[nH]c(C(=O)O)c1C1CCCCC1. The molecule has 1 heterocycles. The molecule has 0 radical (unpaired) electrons. The molecule has 0 amide bonds. The van der Waals surface area contributed by atoms with Crippen molar-refractivity contribution >= 4 is 11.8 Å². The van der Waals surface area contributed by atoms with Gasteiger partial charge in [0.1, 0.15) is 11.5 Å². The van der Waals surface area contributed by atoms with E-state index in [9.17, 15) is 9.59 Å². The second-order valence-electron chi connectivity index (χ2n) is 4.36. The number of carboxylic acids is 1. The van der Waals surface area contributed by atoms with E-state index in [0.29, 0.717) is 5.56 Å². The fraction of sp³-hybridized carbons (Fsp3) is 0.545. The minimum Gasteiger partial charge on any atom is -0.477 e. The second kappa shape index (κ2) is 4.57. The van der Waals surface area contributed by atoms with Gasteiger partial charge in [-0.15, -0.1) is 0 Å². The number of hydrogen-bond acceptors (Lipinski definition) is 4. The molecule has 2 rings (SSSR count). The standard InChI is InChI=1S/C11H15N3O3/c12-9-7(6-4-2-1-3-5-6)8(10(15)16)13-11(17)14-9/h6H,1-5H2,(H,15,16)(H3,12,13,14,17). The number of aromatic amines is 1. The Morgan fingerprint density at radius 1 is 1.35 bits per heavy atom. The van der Waals surface area contributed by atoms with Crippen LogP contribution in [0.5, 0.6) is 0 Å². The summed E-state index contributed by atoms with van der Waals surface area (Å²) in [6, 6.07) is 0. The molecule has 1 aliphatic rings. The molecule has 6 nitrogen and oxygen atoms in total. The van der Waals surface area contributed by atoms with Gasteiger partial charge in [-0.05, 0) is 18.8 Å². The average Bonchev–Trinajstić information content (AvgIpc) is 2.29. The van der Waals surface area contributed by atoms with E-state index >= 15 is 0 Å². The molecule has 0 spiro atoms. The van der Waals surface area contributed by atoms with Crippen molar-refractivity contribution < 1.29 is 9.90 Å². The van der Waals surface area contributed by atoms with E-state index in [1.54, 1.807) is 0 Å². The van der Waals surface area contributed by atoms with Crippen LogP contribution in [0.1, 0.15) is 54.1 Å². The van der Waals surface area contributed by atoms with Gasteiger partial charge in [-0.25, -0.2) is 9.59 Å². The molecule has 1 aliphatic carbocycles. The molecule has 0 aliphatic heterocycles. The van der Waals surface area contributed by atoms with Gasteiger partial charge in [0.15, 0.2) is 0 Å². The number of anilines is 1. The van der Waals surface area contributed by atoms with Gasteiger partial charge in [-0.2, -0.15) is 4.98 Å². The first-order valence-corrected chi connectivity index (χ1v) is 5.72. The molecule has 0 aromatic carbocycles. The van der Waals surface area contributed by atoms with E-state index < -0.39 is 11.7 Å². The lowest BCUT2D eigenvalue weighted by molar-refractivity contribution is 0.0687. The molecule has 1 aromatic rings. The maximum absolute atomic E-state index is 11.1. The number of aromatic carboxylic acids is 1. The fourth-order valence-corrected chi connectivity index (χ4v) is 2.47. The summed E-state index contributed by atoms with van der Waals surface area (Å²) in [5.41, 5.74) is 5.38. The molecule has 17 heavy (non-hydrogen) atoms. The van der Waals surface area contributed by atoms with Crippen molar-refractivity contribution in [3.05, 3.63) is 21.7 Å². The number of rotatable bonds is 2. The Kier molecular flexibility index (Phi) is 3.12. The number of H-pyrrole nitrogens is 1. The first-order valence-electron chi connectivity index (χ1n) is 5.72. The Hall–Kier alpha value is -1.85. The maximum atomic E-state index is 11.1. The maximum Gasteiger partial charge on any atom is 0.352 e. The summed E-state index contributed by atoms with van der Waals surface area (Å²) in [5, 5.41) is 9.09. The van der Waals surface area contributed by atoms with E-state index in [1.165, 1.54) is 0 Å². The van der Waals surface area contributed by atoms with Gasteiger partial charge < -0.3 is 10.8 Å². The van der Waals surface area contributed by atoms with Crippen LogP contribution in [-0.4, -0.2) is 21.0 Å². The number of nitrogens with one attached hydrogen (secondary N) is 1. The highest BCUT2D eigenvalue weighted by Gasteiger charge is 2.25. The van der Waals surface area contributed by atoms with Crippen molar-refractivity contribution in [2.75, 3.05) is 5.73 Å². The van der Waals surface area contributed by atoms with E-state index in [4.69, 9.17) is 10.8 Å². The summed E-state index contributed by atoms with van der Waals surface area (Å²) in [7, 11) is 0. The summed E-state index contributed by atoms with van der Waals surface area (Å²) in [6.45, 7) is 0. The Bertz CT molecular complexity index is 489. The smallest absolute Gasteiger partial charge is 0.352 e. The molecule has 6 heteroatoms. The van der Waals surface area contributed by atoms with Crippen LogP contribution >= 0.6 is 0 Å². The zero-order valence-corrected chi connectivity index (χ0v) is 9.40. The topological polar surface area (TPSA) is 109 Å². The Morgan fingerprint density at radius 3 is 2.59 bits per heavy atom. The third-order valence-corrected chi connectivity index (χ3v) is 3.23. The minimum absolute atomic E-state index is 0.0538. The van der Waals surface area contributed by atoms with Crippen LogP contribution in [0.3, 0.4) is 0 Å². The van der Waals surface area contributed by atoms with E-state index in [2.05, 4.69) is 9.97 Å². The summed E-state index contributed by atoms with van der Waals surface area (Å²) < 4.78 is 0. The lowest BCUT2D eigenvalue weighted by atomic mass is 9.83. The van der Waals surface area contributed by atoms with Crippen LogP contribution < -0.4 is 11.4 Å². The largest absolute Gasteiger partial charge is 0.477 e. The molecule has 0 saturated heterocycles. The number of nitrogen functional groups attached to an aromatic ring is 1. The lowest BCUT2D eigenvalue weighted by Gasteiger charge is -2.23. The molecule has 4 N–H and O–H groups in total. The fourth-order valence-electron chi connectivity index (χ4n) is 2.47. The van der Waals surface area contributed by atoms with E-state index in [0.717, 1.165) is 32.1 Å². The first-order chi connectivity index (χ1) is 8.09. The Balaban J connectivity index is 2.50. The molecule has 0 unspecified atom stereocenters. The van der Waals surface area contributed by atoms with Crippen LogP contribution in [0.25, 0.3) is 0 Å². The van der Waals surface area contributed by atoms with Crippen molar-refractivity contribution in [3.63, 3.8) is 0 Å². The van der Waals surface area contributed by atoms with Gasteiger partial charge in [0, 0.05) is 5.56 Å². The zero-order valence-electron chi connectivity index (χ0n) is 9.40. The molecule has 1 saturated carbocycles. The number of aromatic nitrogens is 2. The van der Waals surface area contributed by atoms with Crippen molar-refractivity contribution in [2.45, 2.75) is 38.0 Å². The van der Waals surface area contributed by atoms with Gasteiger partial charge in [0.25, 0.3) is 0 Å². The number of nitrogens with two attached hydrogens (primary N) is 1. The monoisotopic (exact) mass is 237 g/mol. The van der Waals surface area contributed by atoms with Gasteiger partial charge in [0.2, 0.25) is 0 Å². The third kappa shape index (κ3) is 2.30. The first kappa shape index (κ1) is 11.6. The molecule has 0 atom stereocenters. The van der Waals surface area contributed by atoms with E-state index in [1.807, 2.05) is 0 Å². The molecule has 1 fully saturated rings. The van der Waals surface area contributed by atoms with Crippen LogP contribution in [-0.2, 0) is 0 Å². The van der Waals surface area contributed by atoms with Crippen LogP contribution in [0.2, 0.25) is 0 Å². The van der Waals surface area contributed by atoms with Gasteiger partial charge >= 0.3 is 11.7 Å². The molecule has 0 bridgehead atoms. The van der Waals surface area contributed by atoms with Gasteiger partial charge in [0.05, 0.1) is 0 Å². The van der Waals surface area contributed by atoms with Crippen molar-refractivity contribution in [2.24, 2.45) is 0 Å². The van der Waals surface area contributed by atoms with Crippen molar-refractivity contribution in [1.29, 1.82) is 0 Å². The van der Waals surface area contributed by atoms with Gasteiger partial charge in [-0.3, -0.25) is 4.98 Å².